The lowest BCUT2D eigenvalue weighted by molar-refractivity contribution is -0.137. The maximum absolute atomic E-state index is 13.2. The minimum Gasteiger partial charge on any atom is -0.481 e. The van der Waals surface area contributed by atoms with Gasteiger partial charge >= 0.3 is 5.97 Å². The predicted octanol–water partition coefficient (Wildman–Crippen LogP) is 1.88. The van der Waals surface area contributed by atoms with Crippen LogP contribution in [0.3, 0.4) is 0 Å². The zero-order valence-corrected chi connectivity index (χ0v) is 11.9. The molecular weight excluding hydrogens is 297 g/mol. The molecule has 1 aromatic carbocycles. The number of halogens is 2. The van der Waals surface area contributed by atoms with Gasteiger partial charge < -0.3 is 5.11 Å². The number of aryl methyl sites for hydroxylation is 1. The molecule has 0 saturated heterocycles. The van der Waals surface area contributed by atoms with Crippen LogP contribution in [0.25, 0.3) is 0 Å². The molecule has 0 heterocycles. The maximum atomic E-state index is 13.2. The van der Waals surface area contributed by atoms with Crippen LogP contribution in [-0.2, 0) is 14.8 Å². The van der Waals surface area contributed by atoms with E-state index in [0.29, 0.717) is 0 Å². The number of carbonyl (C=O) groups is 1. The molecule has 1 rings (SSSR count). The Bertz CT molecular complexity index is 603. The molecule has 0 amide bonds. The number of benzene rings is 1. The second-order valence-electron chi connectivity index (χ2n) is 4.00. The number of hydrogen-bond acceptors (Lipinski definition) is 3. The van der Waals surface area contributed by atoms with Crippen molar-refractivity contribution in [2.45, 2.75) is 18.2 Å². The number of carboxylic acid groups (broad SMARTS) is 1. The molecule has 0 aliphatic carbocycles. The third-order valence-electron chi connectivity index (χ3n) is 2.54. The van der Waals surface area contributed by atoms with Gasteiger partial charge in [-0.1, -0.05) is 11.6 Å². The largest absolute Gasteiger partial charge is 0.481 e. The topological polar surface area (TPSA) is 74.7 Å². The van der Waals surface area contributed by atoms with Gasteiger partial charge in [-0.25, -0.2) is 17.1 Å². The Morgan fingerprint density at radius 1 is 1.47 bits per heavy atom. The highest BCUT2D eigenvalue weighted by atomic mass is 35.5. The normalized spacial score (nSPS) is 11.8. The average molecular weight is 310 g/mol. The van der Waals surface area contributed by atoms with Crippen molar-refractivity contribution in [1.29, 1.82) is 0 Å². The fourth-order valence-electron chi connectivity index (χ4n) is 1.37. The van der Waals surface area contributed by atoms with E-state index in [2.05, 4.69) is 0 Å². The number of nitrogens with zero attached hydrogens (tertiary/aromatic N) is 1. The van der Waals surface area contributed by atoms with Gasteiger partial charge in [-0.15, -0.1) is 0 Å². The summed E-state index contributed by atoms with van der Waals surface area (Å²) in [7, 11) is -2.69. The van der Waals surface area contributed by atoms with Crippen molar-refractivity contribution in [3.63, 3.8) is 0 Å². The zero-order valence-electron chi connectivity index (χ0n) is 10.4. The first-order valence-corrected chi connectivity index (χ1v) is 7.12. The van der Waals surface area contributed by atoms with Crippen LogP contribution in [-0.4, -0.2) is 37.4 Å². The van der Waals surface area contributed by atoms with Crippen LogP contribution >= 0.6 is 11.6 Å². The van der Waals surface area contributed by atoms with E-state index in [-0.39, 0.29) is 28.4 Å². The molecular formula is C11H13ClFNO4S. The first kappa shape index (κ1) is 15.9. The van der Waals surface area contributed by atoms with E-state index in [1.807, 2.05) is 0 Å². The Balaban J connectivity index is 3.13. The monoisotopic (exact) mass is 309 g/mol. The van der Waals surface area contributed by atoms with Crippen LogP contribution in [0, 0.1) is 12.7 Å². The molecule has 0 spiro atoms. The predicted molar refractivity (Wildman–Crippen MR) is 68.2 cm³/mol. The SMILES string of the molecule is Cc1cc(S(=O)(=O)N(C)CCC(=O)O)c(Cl)cc1F. The molecule has 0 fully saturated rings. The summed E-state index contributed by atoms with van der Waals surface area (Å²) in [5.74, 6) is -1.71. The van der Waals surface area contributed by atoms with Crippen LogP contribution in [0.15, 0.2) is 17.0 Å². The molecule has 0 unspecified atom stereocenters. The molecule has 0 radical (unpaired) electrons. The summed E-state index contributed by atoms with van der Waals surface area (Å²) >= 11 is 5.73. The zero-order chi connectivity index (χ0) is 14.8. The van der Waals surface area contributed by atoms with Gasteiger partial charge in [0.15, 0.2) is 0 Å². The summed E-state index contributed by atoms with van der Waals surface area (Å²) in [4.78, 5) is 10.2. The van der Waals surface area contributed by atoms with E-state index in [1.165, 1.54) is 14.0 Å². The molecule has 5 nitrogen and oxygen atoms in total. The van der Waals surface area contributed by atoms with E-state index < -0.39 is 21.8 Å². The number of hydrogen-bond donors (Lipinski definition) is 1. The summed E-state index contributed by atoms with van der Waals surface area (Å²) in [5, 5.41) is 8.31. The lowest BCUT2D eigenvalue weighted by Gasteiger charge is -2.17. The fraction of sp³-hybridized carbons (Fsp3) is 0.364. The summed E-state index contributed by atoms with van der Waals surface area (Å²) in [6.07, 6.45) is -0.326. The molecule has 0 atom stereocenters. The number of aliphatic carboxylic acids is 1. The van der Waals surface area contributed by atoms with Crippen molar-refractivity contribution in [1.82, 2.24) is 4.31 Å². The number of carboxylic acids is 1. The Labute approximate surface area is 115 Å². The lowest BCUT2D eigenvalue weighted by atomic mass is 10.2. The van der Waals surface area contributed by atoms with Crippen LogP contribution in [0.5, 0.6) is 0 Å². The Hall–Kier alpha value is -1.18. The van der Waals surface area contributed by atoms with Crippen LogP contribution in [0.2, 0.25) is 5.02 Å². The molecule has 0 saturated carbocycles. The van der Waals surface area contributed by atoms with Gasteiger partial charge in [-0.2, -0.15) is 0 Å². The van der Waals surface area contributed by atoms with Crippen LogP contribution in [0.4, 0.5) is 4.39 Å². The molecule has 0 aliphatic heterocycles. The summed E-state index contributed by atoms with van der Waals surface area (Å²) in [6.45, 7) is 1.23. The smallest absolute Gasteiger partial charge is 0.304 e. The molecule has 8 heteroatoms. The van der Waals surface area contributed by atoms with Gasteiger partial charge in [0.2, 0.25) is 10.0 Å². The summed E-state index contributed by atoms with van der Waals surface area (Å²) in [6, 6.07) is 2.05. The first-order valence-electron chi connectivity index (χ1n) is 5.30. The molecule has 1 N–H and O–H groups in total. The third kappa shape index (κ3) is 3.65. The van der Waals surface area contributed by atoms with E-state index in [9.17, 15) is 17.6 Å². The van der Waals surface area contributed by atoms with Crippen molar-refractivity contribution < 1.29 is 22.7 Å². The Kier molecular flexibility index (Phi) is 4.89. The number of sulfonamides is 1. The Morgan fingerprint density at radius 3 is 2.58 bits per heavy atom. The molecule has 0 aromatic heterocycles. The second-order valence-corrected chi connectivity index (χ2v) is 6.42. The van der Waals surface area contributed by atoms with Crippen molar-refractivity contribution in [3.8, 4) is 0 Å². The minimum absolute atomic E-state index is 0.148. The molecule has 1 aromatic rings. The lowest BCUT2D eigenvalue weighted by Crippen LogP contribution is -2.29. The van der Waals surface area contributed by atoms with Crippen LogP contribution < -0.4 is 0 Å². The van der Waals surface area contributed by atoms with Crippen molar-refractivity contribution in [2.24, 2.45) is 0 Å². The third-order valence-corrected chi connectivity index (χ3v) is 4.86. The molecule has 106 valence electrons. The van der Waals surface area contributed by atoms with E-state index in [1.54, 1.807) is 0 Å². The van der Waals surface area contributed by atoms with Gasteiger partial charge in [-0.05, 0) is 24.6 Å². The maximum Gasteiger partial charge on any atom is 0.304 e. The van der Waals surface area contributed by atoms with Crippen molar-refractivity contribution in [2.75, 3.05) is 13.6 Å². The first-order chi connectivity index (χ1) is 8.66. The van der Waals surface area contributed by atoms with Gasteiger partial charge in [-0.3, -0.25) is 4.79 Å². The minimum atomic E-state index is -3.93. The highest BCUT2D eigenvalue weighted by molar-refractivity contribution is 7.89. The van der Waals surface area contributed by atoms with E-state index in [0.717, 1.165) is 16.4 Å². The number of rotatable bonds is 5. The van der Waals surface area contributed by atoms with Crippen LogP contribution in [0.1, 0.15) is 12.0 Å². The van der Waals surface area contributed by atoms with Gasteiger partial charge in [0, 0.05) is 13.6 Å². The Morgan fingerprint density at radius 2 is 2.05 bits per heavy atom. The quantitative estimate of drug-likeness (QED) is 0.901. The molecule has 19 heavy (non-hydrogen) atoms. The van der Waals surface area contributed by atoms with Gasteiger partial charge in [0.05, 0.1) is 11.4 Å². The van der Waals surface area contributed by atoms with Gasteiger partial charge in [0.25, 0.3) is 0 Å². The van der Waals surface area contributed by atoms with Crippen molar-refractivity contribution in [3.05, 3.63) is 28.5 Å². The summed E-state index contributed by atoms with van der Waals surface area (Å²) < 4.78 is 38.4. The second kappa shape index (κ2) is 5.85. The van der Waals surface area contributed by atoms with E-state index in [4.69, 9.17) is 16.7 Å². The van der Waals surface area contributed by atoms with E-state index >= 15 is 0 Å². The van der Waals surface area contributed by atoms with Gasteiger partial charge in [0.1, 0.15) is 10.7 Å². The standard InChI is InChI=1S/C11H13ClFNO4S/c1-7-5-10(8(12)6-9(7)13)19(17,18)14(2)4-3-11(15)16/h5-6H,3-4H2,1-2H3,(H,15,16). The van der Waals surface area contributed by atoms with Crippen molar-refractivity contribution >= 4 is 27.6 Å². The highest BCUT2D eigenvalue weighted by Gasteiger charge is 2.25. The fourth-order valence-corrected chi connectivity index (χ4v) is 3.11. The highest BCUT2D eigenvalue weighted by Crippen LogP contribution is 2.26. The average Bonchev–Trinajstić information content (AvgIpc) is 2.30. The summed E-state index contributed by atoms with van der Waals surface area (Å²) in [5.41, 5.74) is 0.148. The molecule has 0 bridgehead atoms. The molecule has 0 aliphatic rings.